The SMILES string of the molecule is C=C(C)C1CCC(C)=CC1c1c(O)c(O)c(/C=C/CCC)c(C(=O)OCC=C(C)CCC=C(C)C)c1O. The maximum Gasteiger partial charge on any atom is 0.343 e. The van der Waals surface area contributed by atoms with Crippen LogP contribution in [0.25, 0.3) is 6.08 Å². The molecule has 3 N–H and O–H groups in total. The predicted octanol–water partition coefficient (Wildman–Crippen LogP) is 8.48. The van der Waals surface area contributed by atoms with Gasteiger partial charge in [-0.15, -0.1) is 0 Å². The van der Waals surface area contributed by atoms with Gasteiger partial charge >= 0.3 is 5.97 Å². The molecule has 2 atom stereocenters. The molecule has 202 valence electrons. The van der Waals surface area contributed by atoms with E-state index in [0.717, 1.165) is 48.8 Å². The number of ether oxygens (including phenoxy) is 1. The quantitative estimate of drug-likeness (QED) is 0.121. The van der Waals surface area contributed by atoms with E-state index in [1.54, 1.807) is 12.2 Å². The lowest BCUT2D eigenvalue weighted by Gasteiger charge is -2.32. The Bertz CT molecular complexity index is 1110. The zero-order valence-corrected chi connectivity index (χ0v) is 23.4. The molecule has 0 fully saturated rings. The number of phenols is 3. The largest absolute Gasteiger partial charge is 0.507 e. The average molecular weight is 509 g/mol. The van der Waals surface area contributed by atoms with E-state index >= 15 is 0 Å². The third-order valence-electron chi connectivity index (χ3n) is 6.89. The van der Waals surface area contributed by atoms with Crippen molar-refractivity contribution in [2.75, 3.05) is 6.61 Å². The molecule has 5 heteroatoms. The topological polar surface area (TPSA) is 87.0 Å². The Kier molecular flexibility index (Phi) is 11.3. The summed E-state index contributed by atoms with van der Waals surface area (Å²) in [5.41, 5.74) is 4.45. The Morgan fingerprint density at radius 3 is 2.41 bits per heavy atom. The lowest BCUT2D eigenvalue weighted by Crippen LogP contribution is -2.18. The molecular formula is C32H44O5. The van der Waals surface area contributed by atoms with Crippen LogP contribution in [0.4, 0.5) is 0 Å². The van der Waals surface area contributed by atoms with Crippen molar-refractivity contribution in [2.45, 2.75) is 86.0 Å². The number of aromatic hydroxyl groups is 3. The minimum atomic E-state index is -0.748. The summed E-state index contributed by atoms with van der Waals surface area (Å²) >= 11 is 0. The van der Waals surface area contributed by atoms with Gasteiger partial charge in [-0.25, -0.2) is 4.79 Å². The smallest absolute Gasteiger partial charge is 0.343 e. The number of esters is 1. The molecule has 1 aliphatic carbocycles. The van der Waals surface area contributed by atoms with Gasteiger partial charge in [0.2, 0.25) is 0 Å². The first-order valence-electron chi connectivity index (χ1n) is 13.3. The van der Waals surface area contributed by atoms with Crippen LogP contribution in [0.5, 0.6) is 17.2 Å². The molecule has 1 aromatic rings. The Labute approximate surface area is 222 Å². The van der Waals surface area contributed by atoms with Gasteiger partial charge in [-0.1, -0.05) is 66.5 Å². The Balaban J connectivity index is 2.52. The zero-order chi connectivity index (χ0) is 27.7. The second-order valence-corrected chi connectivity index (χ2v) is 10.4. The van der Waals surface area contributed by atoms with Crippen LogP contribution in [0.15, 0.2) is 53.2 Å². The summed E-state index contributed by atoms with van der Waals surface area (Å²) in [5, 5.41) is 33.5. The van der Waals surface area contributed by atoms with Gasteiger partial charge in [-0.05, 0) is 78.7 Å². The highest BCUT2D eigenvalue weighted by Crippen LogP contribution is 2.52. The van der Waals surface area contributed by atoms with Crippen LogP contribution in [0.2, 0.25) is 0 Å². The fraction of sp³-hybridized carbons (Fsp3) is 0.469. The number of rotatable bonds is 11. The number of phenolic OH excluding ortho intramolecular Hbond substituents is 3. The van der Waals surface area contributed by atoms with Crippen molar-refractivity contribution in [2.24, 2.45) is 5.92 Å². The normalized spacial score (nSPS) is 18.0. The number of carbonyl (C=O) groups excluding carboxylic acids is 1. The van der Waals surface area contributed by atoms with Crippen LogP contribution in [0, 0.1) is 5.92 Å². The standard InChI is InChI=1S/C32H44O5/c1-8-9-10-14-25-28(32(36)37-18-17-22(6)13-11-12-20(2)3)30(34)27(31(35)29(25)33)26-19-23(7)15-16-24(26)21(4)5/h10,12,14,17,19,24,26,33-35H,4,8-9,11,13,15-16,18H2,1-3,5-7H3/b14-10+,22-17?. The van der Waals surface area contributed by atoms with E-state index in [0.29, 0.717) is 6.42 Å². The molecule has 0 heterocycles. The molecule has 37 heavy (non-hydrogen) atoms. The maximum absolute atomic E-state index is 13.3. The summed E-state index contributed by atoms with van der Waals surface area (Å²) in [6, 6.07) is 0. The highest BCUT2D eigenvalue weighted by molar-refractivity contribution is 5.99. The van der Waals surface area contributed by atoms with Crippen molar-refractivity contribution >= 4 is 12.0 Å². The summed E-state index contributed by atoms with van der Waals surface area (Å²) in [5.74, 6) is -2.42. The second kappa shape index (κ2) is 13.9. The second-order valence-electron chi connectivity index (χ2n) is 10.4. The molecule has 0 amide bonds. The Morgan fingerprint density at radius 2 is 1.78 bits per heavy atom. The molecule has 0 aromatic heterocycles. The maximum atomic E-state index is 13.3. The van der Waals surface area contributed by atoms with Gasteiger partial charge in [-0.2, -0.15) is 0 Å². The summed E-state index contributed by atoms with van der Waals surface area (Å²) in [6.45, 7) is 16.2. The zero-order valence-electron chi connectivity index (χ0n) is 23.4. The molecular weight excluding hydrogens is 464 g/mol. The summed E-state index contributed by atoms with van der Waals surface area (Å²) in [7, 11) is 0. The van der Waals surface area contributed by atoms with Crippen molar-refractivity contribution in [3.05, 3.63) is 69.9 Å². The molecule has 0 saturated heterocycles. The van der Waals surface area contributed by atoms with Crippen molar-refractivity contribution < 1.29 is 24.9 Å². The van der Waals surface area contributed by atoms with Crippen molar-refractivity contribution in [1.82, 2.24) is 0 Å². The van der Waals surface area contributed by atoms with Crippen LogP contribution in [-0.4, -0.2) is 27.9 Å². The lowest BCUT2D eigenvalue weighted by molar-refractivity contribution is 0.0544. The predicted molar refractivity (Wildman–Crippen MR) is 152 cm³/mol. The molecule has 1 aliphatic rings. The van der Waals surface area contributed by atoms with Gasteiger partial charge in [0.25, 0.3) is 0 Å². The number of benzene rings is 1. The summed E-state index contributed by atoms with van der Waals surface area (Å²) in [4.78, 5) is 13.3. The first-order valence-corrected chi connectivity index (χ1v) is 13.3. The van der Waals surface area contributed by atoms with Gasteiger partial charge in [-0.3, -0.25) is 0 Å². The van der Waals surface area contributed by atoms with E-state index in [4.69, 9.17) is 4.74 Å². The average Bonchev–Trinajstić information content (AvgIpc) is 2.82. The first kappa shape index (κ1) is 30.0. The molecule has 5 nitrogen and oxygen atoms in total. The highest BCUT2D eigenvalue weighted by atomic mass is 16.5. The van der Waals surface area contributed by atoms with Gasteiger partial charge in [0, 0.05) is 17.0 Å². The van der Waals surface area contributed by atoms with E-state index in [1.807, 2.05) is 39.8 Å². The molecule has 2 rings (SSSR count). The molecule has 0 radical (unpaired) electrons. The van der Waals surface area contributed by atoms with Crippen LogP contribution < -0.4 is 0 Å². The molecule has 1 aromatic carbocycles. The molecule has 0 spiro atoms. The molecule has 0 bridgehead atoms. The van der Waals surface area contributed by atoms with E-state index in [2.05, 4.69) is 26.5 Å². The number of allylic oxidation sites excluding steroid dienone is 7. The fourth-order valence-corrected chi connectivity index (χ4v) is 4.73. The van der Waals surface area contributed by atoms with Gasteiger partial charge in [0.05, 0.1) is 0 Å². The van der Waals surface area contributed by atoms with Crippen LogP contribution in [0.1, 0.15) is 107 Å². The first-order chi connectivity index (χ1) is 17.5. The van der Waals surface area contributed by atoms with Crippen molar-refractivity contribution in [3.8, 4) is 17.2 Å². The number of unbranched alkanes of at least 4 members (excludes halogenated alkanes) is 1. The van der Waals surface area contributed by atoms with Crippen LogP contribution in [0.3, 0.4) is 0 Å². The lowest BCUT2D eigenvalue weighted by atomic mass is 9.73. The monoisotopic (exact) mass is 508 g/mol. The minimum absolute atomic E-state index is 0.0448. The van der Waals surface area contributed by atoms with E-state index in [-0.39, 0.29) is 35.0 Å². The van der Waals surface area contributed by atoms with Crippen LogP contribution in [-0.2, 0) is 4.74 Å². The number of hydrogen-bond donors (Lipinski definition) is 3. The number of hydrogen-bond acceptors (Lipinski definition) is 5. The van der Waals surface area contributed by atoms with E-state index < -0.39 is 23.4 Å². The van der Waals surface area contributed by atoms with Crippen LogP contribution >= 0.6 is 0 Å². The third-order valence-corrected chi connectivity index (χ3v) is 6.89. The third kappa shape index (κ3) is 7.88. The van der Waals surface area contributed by atoms with E-state index in [9.17, 15) is 20.1 Å². The molecule has 0 saturated carbocycles. The Hall–Kier alpha value is -3.21. The van der Waals surface area contributed by atoms with Crippen molar-refractivity contribution in [3.63, 3.8) is 0 Å². The van der Waals surface area contributed by atoms with Crippen molar-refractivity contribution in [1.29, 1.82) is 0 Å². The fourth-order valence-electron chi connectivity index (χ4n) is 4.73. The van der Waals surface area contributed by atoms with Gasteiger partial charge in [0.15, 0.2) is 11.5 Å². The summed E-state index contributed by atoms with van der Waals surface area (Å²) < 4.78 is 5.54. The van der Waals surface area contributed by atoms with Gasteiger partial charge < -0.3 is 20.1 Å². The van der Waals surface area contributed by atoms with Gasteiger partial charge in [0.1, 0.15) is 17.9 Å². The minimum Gasteiger partial charge on any atom is -0.507 e. The highest BCUT2D eigenvalue weighted by Gasteiger charge is 2.35. The molecule has 0 aliphatic heterocycles. The summed E-state index contributed by atoms with van der Waals surface area (Å²) in [6.07, 6.45) is 14.4. The molecule has 2 unspecified atom stereocenters. The van der Waals surface area contributed by atoms with E-state index in [1.165, 1.54) is 5.57 Å². The Morgan fingerprint density at radius 1 is 1.08 bits per heavy atom. The number of carbonyl (C=O) groups is 1.